The summed E-state index contributed by atoms with van der Waals surface area (Å²) in [5.74, 6) is 0. The van der Waals surface area contributed by atoms with Gasteiger partial charge in [-0.05, 0) is 60.1 Å². The molecule has 2 nitrogen and oxygen atoms in total. The molecule has 24 heavy (non-hydrogen) atoms. The minimum atomic E-state index is 1.05. The smallest absolute Gasteiger partial charge is 0.0429 e. The second-order valence-electron chi connectivity index (χ2n) is 6.69. The quantitative estimate of drug-likeness (QED) is 0.672. The standard InChI is InChI=1S/C22H24N2/c1-4-15-24(16-5-1)22-13-14-23-17-20(22)12-11-19-9-6-8-18-7-2-3-10-21(18)19/h2-3,6-10,13-14,17H,1,4-5,11-12,15-16H2. The van der Waals surface area contributed by atoms with E-state index in [1.165, 1.54) is 59.9 Å². The number of hydrogen-bond donors (Lipinski definition) is 0. The van der Waals surface area contributed by atoms with Crippen LogP contribution in [0, 0.1) is 0 Å². The van der Waals surface area contributed by atoms with Gasteiger partial charge >= 0.3 is 0 Å². The van der Waals surface area contributed by atoms with Gasteiger partial charge in [-0.25, -0.2) is 0 Å². The van der Waals surface area contributed by atoms with Crippen molar-refractivity contribution >= 4 is 16.5 Å². The molecule has 1 aliphatic heterocycles. The second kappa shape index (κ2) is 7.04. The first-order valence-corrected chi connectivity index (χ1v) is 9.06. The van der Waals surface area contributed by atoms with Crippen LogP contribution in [0.4, 0.5) is 5.69 Å². The number of rotatable bonds is 4. The lowest BCUT2D eigenvalue weighted by Crippen LogP contribution is -2.30. The lowest BCUT2D eigenvalue weighted by molar-refractivity contribution is 0.576. The topological polar surface area (TPSA) is 16.1 Å². The van der Waals surface area contributed by atoms with E-state index in [-0.39, 0.29) is 0 Å². The van der Waals surface area contributed by atoms with Crippen LogP contribution in [0.1, 0.15) is 30.4 Å². The van der Waals surface area contributed by atoms with Gasteiger partial charge in [0.1, 0.15) is 0 Å². The first-order valence-electron chi connectivity index (χ1n) is 9.06. The molecule has 122 valence electrons. The van der Waals surface area contributed by atoms with Crippen LogP contribution in [0.15, 0.2) is 60.9 Å². The Morgan fingerprint density at radius 1 is 0.792 bits per heavy atom. The van der Waals surface area contributed by atoms with Gasteiger partial charge in [-0.2, -0.15) is 0 Å². The number of fused-ring (bicyclic) bond motifs is 1. The molecule has 0 saturated carbocycles. The summed E-state index contributed by atoms with van der Waals surface area (Å²) in [6, 6.07) is 17.5. The molecule has 0 aliphatic carbocycles. The van der Waals surface area contributed by atoms with Crippen LogP contribution < -0.4 is 4.90 Å². The molecule has 2 heteroatoms. The Bertz CT molecular complexity index is 814. The molecule has 0 unspecified atom stereocenters. The highest BCUT2D eigenvalue weighted by molar-refractivity contribution is 5.85. The SMILES string of the molecule is c1ccc2c(CCc3cnccc3N3CCCCC3)cccc2c1. The van der Waals surface area contributed by atoms with Gasteiger partial charge in [0.2, 0.25) is 0 Å². The Morgan fingerprint density at radius 2 is 1.58 bits per heavy atom. The first-order chi connectivity index (χ1) is 11.9. The van der Waals surface area contributed by atoms with Crippen molar-refractivity contribution < 1.29 is 0 Å². The van der Waals surface area contributed by atoms with E-state index in [4.69, 9.17) is 0 Å². The van der Waals surface area contributed by atoms with E-state index in [2.05, 4.69) is 64.6 Å². The molecule has 0 spiro atoms. The van der Waals surface area contributed by atoms with E-state index < -0.39 is 0 Å². The van der Waals surface area contributed by atoms with Crippen molar-refractivity contribution in [1.29, 1.82) is 0 Å². The molecule has 0 atom stereocenters. The Hall–Kier alpha value is -2.35. The number of nitrogens with zero attached hydrogens (tertiary/aromatic N) is 2. The fourth-order valence-electron chi connectivity index (χ4n) is 3.84. The summed E-state index contributed by atoms with van der Waals surface area (Å²) < 4.78 is 0. The van der Waals surface area contributed by atoms with Crippen LogP contribution >= 0.6 is 0 Å². The van der Waals surface area contributed by atoms with Crippen LogP contribution in [0.3, 0.4) is 0 Å². The molecule has 1 aromatic heterocycles. The minimum absolute atomic E-state index is 1.05. The van der Waals surface area contributed by atoms with Gasteiger partial charge in [-0.3, -0.25) is 4.98 Å². The maximum Gasteiger partial charge on any atom is 0.0429 e. The van der Waals surface area contributed by atoms with Crippen molar-refractivity contribution in [3.8, 4) is 0 Å². The van der Waals surface area contributed by atoms with Gasteiger partial charge in [0.05, 0.1) is 0 Å². The molecule has 0 amide bonds. The summed E-state index contributed by atoms with van der Waals surface area (Å²) in [5, 5.41) is 2.71. The van der Waals surface area contributed by atoms with Crippen molar-refractivity contribution in [2.75, 3.05) is 18.0 Å². The number of anilines is 1. The molecule has 1 fully saturated rings. The van der Waals surface area contributed by atoms with E-state index in [9.17, 15) is 0 Å². The van der Waals surface area contributed by atoms with Crippen molar-refractivity contribution in [3.63, 3.8) is 0 Å². The summed E-state index contributed by atoms with van der Waals surface area (Å²) in [6.07, 6.45) is 10.1. The average Bonchev–Trinajstić information content (AvgIpc) is 2.67. The van der Waals surface area contributed by atoms with Gasteiger partial charge in [0, 0.05) is 31.2 Å². The Balaban J connectivity index is 1.57. The van der Waals surface area contributed by atoms with Crippen LogP contribution in [-0.4, -0.2) is 18.1 Å². The molecule has 2 heterocycles. The zero-order valence-electron chi connectivity index (χ0n) is 14.1. The van der Waals surface area contributed by atoms with Gasteiger partial charge in [0.15, 0.2) is 0 Å². The maximum absolute atomic E-state index is 4.39. The third-order valence-corrected chi connectivity index (χ3v) is 5.12. The molecule has 0 bridgehead atoms. The molecule has 3 aromatic rings. The Kier molecular flexibility index (Phi) is 4.46. The van der Waals surface area contributed by atoms with Crippen LogP contribution in [-0.2, 0) is 12.8 Å². The minimum Gasteiger partial charge on any atom is -0.371 e. The number of piperidine rings is 1. The van der Waals surface area contributed by atoms with Crippen LogP contribution in [0.5, 0.6) is 0 Å². The number of aryl methyl sites for hydroxylation is 2. The van der Waals surface area contributed by atoms with Crippen molar-refractivity contribution in [3.05, 3.63) is 72.1 Å². The van der Waals surface area contributed by atoms with E-state index in [0.717, 1.165) is 12.8 Å². The zero-order valence-corrected chi connectivity index (χ0v) is 14.1. The van der Waals surface area contributed by atoms with Crippen molar-refractivity contribution in [2.45, 2.75) is 32.1 Å². The molecule has 1 aliphatic rings. The predicted molar refractivity (Wildman–Crippen MR) is 102 cm³/mol. The largest absolute Gasteiger partial charge is 0.371 e. The maximum atomic E-state index is 4.39. The normalized spacial score (nSPS) is 14.9. The molecular weight excluding hydrogens is 292 g/mol. The summed E-state index contributed by atoms with van der Waals surface area (Å²) in [7, 11) is 0. The second-order valence-corrected chi connectivity index (χ2v) is 6.69. The predicted octanol–water partition coefficient (Wildman–Crippen LogP) is 5.01. The lowest BCUT2D eigenvalue weighted by Gasteiger charge is -2.30. The first kappa shape index (κ1) is 15.2. The fourth-order valence-corrected chi connectivity index (χ4v) is 3.84. The van der Waals surface area contributed by atoms with Gasteiger partial charge in [-0.15, -0.1) is 0 Å². The number of hydrogen-bond acceptors (Lipinski definition) is 2. The van der Waals surface area contributed by atoms with Crippen LogP contribution in [0.25, 0.3) is 10.8 Å². The van der Waals surface area contributed by atoms with Crippen molar-refractivity contribution in [1.82, 2.24) is 4.98 Å². The Morgan fingerprint density at radius 3 is 2.50 bits per heavy atom. The zero-order chi connectivity index (χ0) is 16.2. The molecule has 1 saturated heterocycles. The molecule has 4 rings (SSSR count). The van der Waals surface area contributed by atoms with Gasteiger partial charge in [0.25, 0.3) is 0 Å². The van der Waals surface area contributed by atoms with E-state index in [1.54, 1.807) is 0 Å². The highest BCUT2D eigenvalue weighted by Crippen LogP contribution is 2.26. The van der Waals surface area contributed by atoms with Crippen molar-refractivity contribution in [2.24, 2.45) is 0 Å². The fraction of sp³-hybridized carbons (Fsp3) is 0.318. The lowest BCUT2D eigenvalue weighted by atomic mass is 9.98. The summed E-state index contributed by atoms with van der Waals surface area (Å²) in [4.78, 5) is 6.93. The average molecular weight is 316 g/mol. The van der Waals surface area contributed by atoms with E-state index >= 15 is 0 Å². The molecule has 0 radical (unpaired) electrons. The number of aromatic nitrogens is 1. The highest BCUT2D eigenvalue weighted by atomic mass is 15.1. The summed E-state index contributed by atoms with van der Waals surface area (Å²) >= 11 is 0. The van der Waals surface area contributed by atoms with Crippen LogP contribution in [0.2, 0.25) is 0 Å². The van der Waals surface area contributed by atoms with Gasteiger partial charge in [-0.1, -0.05) is 42.5 Å². The third-order valence-electron chi connectivity index (χ3n) is 5.12. The highest BCUT2D eigenvalue weighted by Gasteiger charge is 2.14. The molecule has 0 N–H and O–H groups in total. The molecular formula is C22H24N2. The Labute approximate surface area is 144 Å². The van der Waals surface area contributed by atoms with E-state index in [0.29, 0.717) is 0 Å². The van der Waals surface area contributed by atoms with Gasteiger partial charge < -0.3 is 4.90 Å². The number of benzene rings is 2. The molecule has 2 aromatic carbocycles. The monoisotopic (exact) mass is 316 g/mol. The number of pyridine rings is 1. The third kappa shape index (κ3) is 3.14. The van der Waals surface area contributed by atoms with E-state index in [1.807, 2.05) is 6.20 Å². The summed E-state index contributed by atoms with van der Waals surface area (Å²) in [5.41, 5.74) is 4.21. The summed E-state index contributed by atoms with van der Waals surface area (Å²) in [6.45, 7) is 2.37.